The van der Waals surface area contributed by atoms with Crippen LogP contribution in [0.2, 0.25) is 5.02 Å². The van der Waals surface area contributed by atoms with Crippen molar-refractivity contribution in [2.24, 2.45) is 0 Å². The van der Waals surface area contributed by atoms with Crippen LogP contribution in [0.15, 0.2) is 30.7 Å². The molecule has 1 aliphatic heterocycles. The number of hydrogen-bond donors (Lipinski definition) is 0. The van der Waals surface area contributed by atoms with Crippen LogP contribution in [0, 0.1) is 0 Å². The molecule has 2 aromatic heterocycles. The Balaban J connectivity index is 1.86. The Kier molecular flexibility index (Phi) is 2.29. The maximum Gasteiger partial charge on any atom is 0.129 e. The number of pyridine rings is 1. The van der Waals surface area contributed by atoms with Crippen molar-refractivity contribution in [1.29, 1.82) is 0 Å². The average molecular weight is 235 g/mol. The first-order chi connectivity index (χ1) is 7.83. The molecule has 0 radical (unpaired) electrons. The molecule has 3 heterocycles. The van der Waals surface area contributed by atoms with Gasteiger partial charge in [0.15, 0.2) is 0 Å². The second-order valence-electron chi connectivity index (χ2n) is 3.79. The van der Waals surface area contributed by atoms with Crippen molar-refractivity contribution in [2.45, 2.75) is 13.1 Å². The predicted molar refractivity (Wildman–Crippen MR) is 62.5 cm³/mol. The maximum absolute atomic E-state index is 5.82. The number of anilines is 1. The first-order valence-corrected chi connectivity index (χ1v) is 5.57. The SMILES string of the molecule is Clc1ccc(N2CCn3ccnc3C2)nc1. The molecule has 0 spiro atoms. The topological polar surface area (TPSA) is 34.0 Å². The van der Waals surface area contributed by atoms with Crippen molar-refractivity contribution in [2.75, 3.05) is 11.4 Å². The Morgan fingerprint density at radius 2 is 2.12 bits per heavy atom. The summed E-state index contributed by atoms with van der Waals surface area (Å²) >= 11 is 5.82. The highest BCUT2D eigenvalue weighted by Gasteiger charge is 2.17. The van der Waals surface area contributed by atoms with E-state index in [2.05, 4.69) is 19.4 Å². The lowest BCUT2D eigenvalue weighted by Crippen LogP contribution is -2.34. The zero-order valence-electron chi connectivity index (χ0n) is 8.67. The normalized spacial score (nSPS) is 14.9. The van der Waals surface area contributed by atoms with Gasteiger partial charge in [-0.3, -0.25) is 0 Å². The van der Waals surface area contributed by atoms with Gasteiger partial charge in [-0.1, -0.05) is 11.6 Å². The fourth-order valence-corrected chi connectivity index (χ4v) is 2.04. The van der Waals surface area contributed by atoms with E-state index in [1.54, 1.807) is 6.20 Å². The first-order valence-electron chi connectivity index (χ1n) is 5.19. The molecule has 0 aromatic carbocycles. The minimum absolute atomic E-state index is 0.669. The minimum atomic E-state index is 0.669. The lowest BCUT2D eigenvalue weighted by molar-refractivity contribution is 0.556. The third-order valence-corrected chi connectivity index (χ3v) is 3.00. The second-order valence-corrected chi connectivity index (χ2v) is 4.23. The van der Waals surface area contributed by atoms with Crippen molar-refractivity contribution in [3.05, 3.63) is 41.6 Å². The molecule has 0 unspecified atom stereocenters. The van der Waals surface area contributed by atoms with Crippen LogP contribution < -0.4 is 4.90 Å². The van der Waals surface area contributed by atoms with Gasteiger partial charge in [0, 0.05) is 31.7 Å². The third kappa shape index (κ3) is 1.65. The van der Waals surface area contributed by atoms with Gasteiger partial charge in [0.2, 0.25) is 0 Å². The third-order valence-electron chi connectivity index (χ3n) is 2.78. The van der Waals surface area contributed by atoms with Gasteiger partial charge in [0.1, 0.15) is 11.6 Å². The van der Waals surface area contributed by atoms with Gasteiger partial charge >= 0.3 is 0 Å². The molecule has 0 N–H and O–H groups in total. The molecule has 5 heteroatoms. The Morgan fingerprint density at radius 3 is 2.94 bits per heavy atom. The number of imidazole rings is 1. The van der Waals surface area contributed by atoms with Crippen molar-refractivity contribution < 1.29 is 0 Å². The summed E-state index contributed by atoms with van der Waals surface area (Å²) in [4.78, 5) is 10.8. The number of halogens is 1. The summed E-state index contributed by atoms with van der Waals surface area (Å²) in [6.45, 7) is 2.72. The Morgan fingerprint density at radius 1 is 1.19 bits per heavy atom. The summed E-state index contributed by atoms with van der Waals surface area (Å²) in [7, 11) is 0. The quantitative estimate of drug-likeness (QED) is 0.757. The highest BCUT2D eigenvalue weighted by Crippen LogP contribution is 2.19. The van der Waals surface area contributed by atoms with Gasteiger partial charge in [-0.25, -0.2) is 9.97 Å². The van der Waals surface area contributed by atoms with E-state index >= 15 is 0 Å². The molecule has 0 aliphatic carbocycles. The van der Waals surface area contributed by atoms with Crippen LogP contribution >= 0.6 is 11.6 Å². The van der Waals surface area contributed by atoms with E-state index in [0.29, 0.717) is 5.02 Å². The van der Waals surface area contributed by atoms with Gasteiger partial charge in [0.25, 0.3) is 0 Å². The fourth-order valence-electron chi connectivity index (χ4n) is 1.92. The zero-order valence-corrected chi connectivity index (χ0v) is 9.43. The van der Waals surface area contributed by atoms with Crippen LogP contribution in [0.1, 0.15) is 5.82 Å². The van der Waals surface area contributed by atoms with E-state index in [-0.39, 0.29) is 0 Å². The number of hydrogen-bond acceptors (Lipinski definition) is 3. The van der Waals surface area contributed by atoms with Gasteiger partial charge in [-0.15, -0.1) is 0 Å². The van der Waals surface area contributed by atoms with Crippen LogP contribution in [0.25, 0.3) is 0 Å². The van der Waals surface area contributed by atoms with Crippen LogP contribution in [-0.2, 0) is 13.1 Å². The largest absolute Gasteiger partial charge is 0.347 e. The van der Waals surface area contributed by atoms with E-state index in [0.717, 1.165) is 31.3 Å². The number of fused-ring (bicyclic) bond motifs is 1. The van der Waals surface area contributed by atoms with Crippen LogP contribution in [0.5, 0.6) is 0 Å². The van der Waals surface area contributed by atoms with Gasteiger partial charge in [-0.2, -0.15) is 0 Å². The highest BCUT2D eigenvalue weighted by molar-refractivity contribution is 6.30. The summed E-state index contributed by atoms with van der Waals surface area (Å²) in [5.74, 6) is 2.04. The van der Waals surface area contributed by atoms with E-state index < -0.39 is 0 Å². The highest BCUT2D eigenvalue weighted by atomic mass is 35.5. The summed E-state index contributed by atoms with van der Waals surface area (Å²) in [6.07, 6.45) is 5.54. The lowest BCUT2D eigenvalue weighted by atomic mass is 10.3. The Hall–Kier alpha value is -1.55. The molecule has 0 saturated heterocycles. The van der Waals surface area contributed by atoms with Crippen molar-refractivity contribution in [1.82, 2.24) is 14.5 Å². The number of rotatable bonds is 1. The average Bonchev–Trinajstić information content (AvgIpc) is 2.77. The summed E-state index contributed by atoms with van der Waals surface area (Å²) in [6, 6.07) is 3.81. The molecular formula is C11H11ClN4. The van der Waals surface area contributed by atoms with E-state index in [9.17, 15) is 0 Å². The molecule has 82 valence electrons. The molecule has 0 bridgehead atoms. The van der Waals surface area contributed by atoms with Gasteiger partial charge in [-0.05, 0) is 12.1 Å². The van der Waals surface area contributed by atoms with E-state index in [4.69, 9.17) is 11.6 Å². The van der Waals surface area contributed by atoms with E-state index in [1.165, 1.54) is 0 Å². The summed E-state index contributed by atoms with van der Waals surface area (Å²) in [5.41, 5.74) is 0. The van der Waals surface area contributed by atoms with Crippen molar-refractivity contribution in [3.8, 4) is 0 Å². The van der Waals surface area contributed by atoms with E-state index in [1.807, 2.05) is 24.5 Å². The molecule has 2 aromatic rings. The molecule has 0 amide bonds. The lowest BCUT2D eigenvalue weighted by Gasteiger charge is -2.28. The molecule has 1 aliphatic rings. The summed E-state index contributed by atoms with van der Waals surface area (Å²) in [5, 5.41) is 0.669. The van der Waals surface area contributed by atoms with Crippen molar-refractivity contribution in [3.63, 3.8) is 0 Å². The molecule has 4 nitrogen and oxygen atoms in total. The standard InChI is InChI=1S/C11H11ClN4/c12-9-1-2-10(14-7-9)16-6-5-15-4-3-13-11(15)8-16/h1-4,7H,5-6,8H2. The monoisotopic (exact) mass is 234 g/mol. The second kappa shape index (κ2) is 3.79. The molecule has 0 fully saturated rings. The summed E-state index contributed by atoms with van der Waals surface area (Å²) < 4.78 is 2.17. The van der Waals surface area contributed by atoms with Gasteiger partial charge in [0.05, 0.1) is 11.6 Å². The molecule has 16 heavy (non-hydrogen) atoms. The van der Waals surface area contributed by atoms with Crippen LogP contribution in [-0.4, -0.2) is 21.1 Å². The smallest absolute Gasteiger partial charge is 0.129 e. The van der Waals surface area contributed by atoms with Crippen LogP contribution in [0.3, 0.4) is 0 Å². The number of aromatic nitrogens is 3. The van der Waals surface area contributed by atoms with Gasteiger partial charge < -0.3 is 9.47 Å². The molecule has 3 rings (SSSR count). The molecule has 0 saturated carbocycles. The van der Waals surface area contributed by atoms with Crippen molar-refractivity contribution >= 4 is 17.4 Å². The predicted octanol–water partition coefficient (Wildman–Crippen LogP) is 1.95. The Labute approximate surface area is 98.5 Å². The zero-order chi connectivity index (χ0) is 11.0. The minimum Gasteiger partial charge on any atom is -0.347 e. The molecular weight excluding hydrogens is 224 g/mol. The Bertz CT molecular complexity index is 491. The maximum atomic E-state index is 5.82. The molecule has 0 atom stereocenters. The van der Waals surface area contributed by atoms with Crippen LogP contribution in [0.4, 0.5) is 5.82 Å². The number of nitrogens with zero attached hydrogens (tertiary/aromatic N) is 4. The fraction of sp³-hybridized carbons (Fsp3) is 0.273. The first kappa shape index (κ1) is 9.66.